The number of urea groups is 1. The van der Waals surface area contributed by atoms with E-state index in [9.17, 15) is 4.79 Å². The summed E-state index contributed by atoms with van der Waals surface area (Å²) < 4.78 is 0. The summed E-state index contributed by atoms with van der Waals surface area (Å²) in [6.07, 6.45) is 4.17. The molecule has 2 aliphatic rings. The zero-order chi connectivity index (χ0) is 14.3. The van der Waals surface area contributed by atoms with Crippen LogP contribution >= 0.6 is 0 Å². The molecule has 0 aromatic heterocycles. The van der Waals surface area contributed by atoms with Gasteiger partial charge in [0, 0.05) is 17.8 Å². The Morgan fingerprint density at radius 1 is 1.15 bits per heavy atom. The van der Waals surface area contributed by atoms with Crippen molar-refractivity contribution in [2.45, 2.75) is 51.6 Å². The maximum absolute atomic E-state index is 12.5. The maximum atomic E-state index is 12.5. The number of anilines is 1. The average Bonchev–Trinajstić information content (AvgIpc) is 2.60. The molecule has 2 saturated heterocycles. The van der Waals surface area contributed by atoms with Crippen molar-refractivity contribution in [2.75, 3.05) is 5.32 Å². The van der Waals surface area contributed by atoms with Crippen LogP contribution in [-0.2, 0) is 0 Å². The Bertz CT molecular complexity index is 528. The van der Waals surface area contributed by atoms with Crippen LogP contribution in [0.3, 0.4) is 0 Å². The molecule has 0 saturated carbocycles. The van der Waals surface area contributed by atoms with E-state index in [0.717, 1.165) is 31.4 Å². The molecular formula is C17H22N2O. The smallest absolute Gasteiger partial charge is 0.318 e. The number of carbonyl (C=O) groups excluding carboxylic acids is 1. The van der Waals surface area contributed by atoms with Gasteiger partial charge in [-0.25, -0.2) is 4.79 Å². The fourth-order valence-electron chi connectivity index (χ4n) is 3.68. The van der Waals surface area contributed by atoms with E-state index in [1.165, 1.54) is 16.7 Å². The fourth-order valence-corrected chi connectivity index (χ4v) is 3.68. The lowest BCUT2D eigenvalue weighted by Gasteiger charge is -2.35. The Morgan fingerprint density at radius 3 is 2.25 bits per heavy atom. The first-order chi connectivity index (χ1) is 9.52. The molecule has 2 bridgehead atoms. The van der Waals surface area contributed by atoms with Crippen molar-refractivity contribution in [3.05, 3.63) is 41.5 Å². The molecule has 2 atom stereocenters. The summed E-state index contributed by atoms with van der Waals surface area (Å²) in [5.74, 6) is 0. The van der Waals surface area contributed by atoms with Crippen molar-refractivity contribution in [2.24, 2.45) is 0 Å². The summed E-state index contributed by atoms with van der Waals surface area (Å²) in [5, 5.41) is 3.07. The van der Waals surface area contributed by atoms with Crippen LogP contribution in [0.5, 0.6) is 0 Å². The standard InChI is InChI=1S/C17H22N2O/c1-11-6-12(2)8-14(7-11)18-17(20)19-15-4-5-16(19)10-13(3)9-15/h6-8,15-16H,3-5,9-10H2,1-2H3,(H,18,20). The van der Waals surface area contributed by atoms with Crippen LogP contribution in [0, 0.1) is 13.8 Å². The molecule has 0 radical (unpaired) electrons. The number of benzene rings is 1. The highest BCUT2D eigenvalue weighted by molar-refractivity contribution is 5.90. The minimum atomic E-state index is 0.0509. The van der Waals surface area contributed by atoms with E-state index in [2.05, 4.69) is 31.8 Å². The molecule has 1 aromatic rings. The third-order valence-corrected chi connectivity index (χ3v) is 4.38. The average molecular weight is 270 g/mol. The Kier molecular flexibility index (Phi) is 3.28. The number of hydrogen-bond donors (Lipinski definition) is 1. The van der Waals surface area contributed by atoms with Crippen LogP contribution in [0.25, 0.3) is 0 Å². The summed E-state index contributed by atoms with van der Waals surface area (Å²) in [5.41, 5.74) is 4.55. The maximum Gasteiger partial charge on any atom is 0.322 e. The molecule has 0 aliphatic carbocycles. The second-order valence-corrected chi connectivity index (χ2v) is 6.26. The number of nitrogens with zero attached hydrogens (tertiary/aromatic N) is 1. The first-order valence-corrected chi connectivity index (χ1v) is 7.37. The minimum absolute atomic E-state index is 0.0509. The molecule has 2 amide bonds. The minimum Gasteiger partial charge on any atom is -0.318 e. The highest BCUT2D eigenvalue weighted by Gasteiger charge is 2.40. The molecule has 106 valence electrons. The van der Waals surface area contributed by atoms with Crippen molar-refractivity contribution < 1.29 is 4.79 Å². The monoisotopic (exact) mass is 270 g/mol. The normalized spacial score (nSPS) is 24.9. The molecular weight excluding hydrogens is 248 g/mol. The van der Waals surface area contributed by atoms with Crippen LogP contribution in [0.15, 0.2) is 30.4 Å². The van der Waals surface area contributed by atoms with Gasteiger partial charge in [0.15, 0.2) is 0 Å². The molecule has 3 rings (SSSR count). The Balaban J connectivity index is 1.75. The topological polar surface area (TPSA) is 32.3 Å². The lowest BCUT2D eigenvalue weighted by molar-refractivity contribution is 0.174. The molecule has 1 N–H and O–H groups in total. The van der Waals surface area contributed by atoms with Crippen molar-refractivity contribution in [3.8, 4) is 0 Å². The number of aryl methyl sites for hydroxylation is 2. The predicted molar refractivity (Wildman–Crippen MR) is 82.0 cm³/mol. The Labute approximate surface area is 120 Å². The predicted octanol–water partition coefficient (Wildman–Crippen LogP) is 4.02. The van der Waals surface area contributed by atoms with Gasteiger partial charge in [-0.15, -0.1) is 0 Å². The summed E-state index contributed by atoms with van der Waals surface area (Å²) >= 11 is 0. The van der Waals surface area contributed by atoms with Gasteiger partial charge in [0.1, 0.15) is 0 Å². The highest BCUT2D eigenvalue weighted by atomic mass is 16.2. The van der Waals surface area contributed by atoms with Crippen molar-refractivity contribution >= 4 is 11.7 Å². The molecule has 0 spiro atoms. The van der Waals surface area contributed by atoms with Gasteiger partial charge < -0.3 is 10.2 Å². The molecule has 3 nitrogen and oxygen atoms in total. The quantitative estimate of drug-likeness (QED) is 0.768. The molecule has 2 aliphatic heterocycles. The second kappa shape index (κ2) is 4.97. The largest absolute Gasteiger partial charge is 0.322 e. The van der Waals surface area contributed by atoms with Crippen LogP contribution in [-0.4, -0.2) is 23.0 Å². The van der Waals surface area contributed by atoms with E-state index in [0.29, 0.717) is 12.1 Å². The first-order valence-electron chi connectivity index (χ1n) is 7.37. The van der Waals surface area contributed by atoms with E-state index in [1.807, 2.05) is 17.0 Å². The zero-order valence-corrected chi connectivity index (χ0v) is 12.3. The molecule has 1 aromatic carbocycles. The van der Waals surface area contributed by atoms with Gasteiger partial charge in [-0.3, -0.25) is 0 Å². The van der Waals surface area contributed by atoms with Gasteiger partial charge in [-0.1, -0.05) is 18.2 Å². The number of carbonyl (C=O) groups is 1. The first kappa shape index (κ1) is 13.2. The van der Waals surface area contributed by atoms with E-state index in [1.54, 1.807) is 0 Å². The summed E-state index contributed by atoms with van der Waals surface area (Å²) in [4.78, 5) is 14.6. The van der Waals surface area contributed by atoms with E-state index in [-0.39, 0.29) is 6.03 Å². The number of rotatable bonds is 1. The van der Waals surface area contributed by atoms with Gasteiger partial charge in [0.05, 0.1) is 0 Å². The Morgan fingerprint density at radius 2 is 1.70 bits per heavy atom. The number of nitrogens with one attached hydrogen (secondary N) is 1. The van der Waals surface area contributed by atoms with E-state index < -0.39 is 0 Å². The van der Waals surface area contributed by atoms with Crippen molar-refractivity contribution in [1.82, 2.24) is 4.90 Å². The van der Waals surface area contributed by atoms with Gasteiger partial charge in [0.2, 0.25) is 0 Å². The third kappa shape index (κ3) is 2.45. The molecule has 2 heterocycles. The third-order valence-electron chi connectivity index (χ3n) is 4.38. The molecule has 20 heavy (non-hydrogen) atoms. The second-order valence-electron chi connectivity index (χ2n) is 6.26. The SMILES string of the molecule is C=C1CC2CCC(C1)N2C(=O)Nc1cc(C)cc(C)c1. The van der Waals surface area contributed by atoms with E-state index >= 15 is 0 Å². The molecule has 3 heteroatoms. The summed E-state index contributed by atoms with van der Waals surface area (Å²) in [6, 6.07) is 6.92. The van der Waals surface area contributed by atoms with Crippen molar-refractivity contribution in [3.63, 3.8) is 0 Å². The van der Waals surface area contributed by atoms with Crippen LogP contribution in [0.2, 0.25) is 0 Å². The van der Waals surface area contributed by atoms with E-state index in [4.69, 9.17) is 0 Å². The summed E-state index contributed by atoms with van der Waals surface area (Å²) in [7, 11) is 0. The van der Waals surface area contributed by atoms with Gasteiger partial charge in [-0.2, -0.15) is 0 Å². The van der Waals surface area contributed by atoms with Gasteiger partial charge in [0.25, 0.3) is 0 Å². The van der Waals surface area contributed by atoms with Gasteiger partial charge >= 0.3 is 6.03 Å². The van der Waals surface area contributed by atoms with Crippen LogP contribution in [0.4, 0.5) is 10.5 Å². The summed E-state index contributed by atoms with van der Waals surface area (Å²) in [6.45, 7) is 8.20. The van der Waals surface area contributed by atoms with Crippen LogP contribution < -0.4 is 5.32 Å². The number of piperidine rings is 1. The lowest BCUT2D eigenvalue weighted by Crippen LogP contribution is -2.46. The highest BCUT2D eigenvalue weighted by Crippen LogP contribution is 2.38. The number of fused-ring (bicyclic) bond motifs is 2. The lowest BCUT2D eigenvalue weighted by atomic mass is 9.99. The van der Waals surface area contributed by atoms with Crippen LogP contribution in [0.1, 0.15) is 36.8 Å². The van der Waals surface area contributed by atoms with Gasteiger partial charge in [-0.05, 0) is 62.8 Å². The fraction of sp³-hybridized carbons (Fsp3) is 0.471. The number of amides is 2. The Hall–Kier alpha value is -1.77. The van der Waals surface area contributed by atoms with Crippen molar-refractivity contribution in [1.29, 1.82) is 0 Å². The molecule has 2 fully saturated rings. The zero-order valence-electron chi connectivity index (χ0n) is 12.3. The number of hydrogen-bond acceptors (Lipinski definition) is 1. The molecule has 2 unspecified atom stereocenters.